The minimum Gasteiger partial charge on any atom is -0.376 e. The van der Waals surface area contributed by atoms with Gasteiger partial charge in [-0.05, 0) is 31.0 Å². The van der Waals surface area contributed by atoms with E-state index in [4.69, 9.17) is 5.73 Å². The Balaban J connectivity index is 2.05. The molecule has 2 amide bonds. The molecule has 1 saturated heterocycles. The van der Waals surface area contributed by atoms with Crippen molar-refractivity contribution < 1.29 is 27.2 Å². The second kappa shape index (κ2) is 6.43. The number of nitrogens with two attached hydrogens (primary N) is 1. The molecule has 1 aliphatic heterocycles. The Morgan fingerprint density at radius 2 is 2.00 bits per heavy atom. The fourth-order valence-corrected chi connectivity index (χ4v) is 2.50. The quantitative estimate of drug-likeness (QED) is 0.824. The first-order valence-electron chi connectivity index (χ1n) is 6.89. The van der Waals surface area contributed by atoms with Crippen molar-refractivity contribution in [1.29, 1.82) is 0 Å². The molecule has 126 valence electrons. The van der Waals surface area contributed by atoms with Crippen LogP contribution in [0.1, 0.15) is 18.4 Å². The lowest BCUT2D eigenvalue weighted by Gasteiger charge is -2.22. The average molecular weight is 333 g/mol. The van der Waals surface area contributed by atoms with Gasteiger partial charge in [-0.3, -0.25) is 9.59 Å². The first-order valence-corrected chi connectivity index (χ1v) is 6.89. The maximum atomic E-state index is 13.3. The molecule has 9 heteroatoms. The first-order chi connectivity index (χ1) is 10.7. The van der Waals surface area contributed by atoms with E-state index in [9.17, 15) is 27.2 Å². The number of nitrogens with zero attached hydrogens (tertiary/aromatic N) is 1. The Kier molecular flexibility index (Phi) is 4.76. The maximum absolute atomic E-state index is 13.3. The lowest BCUT2D eigenvalue weighted by Crippen LogP contribution is -2.45. The van der Waals surface area contributed by atoms with E-state index in [0.29, 0.717) is 31.5 Å². The SMILES string of the molecule is NC(=O)[C@@H]1CCCN1C(=O)CNc1cc(F)cc(C(F)(F)F)c1. The van der Waals surface area contributed by atoms with Crippen LogP contribution in [-0.4, -0.2) is 35.8 Å². The summed E-state index contributed by atoms with van der Waals surface area (Å²) in [6, 6.07) is 1.24. The van der Waals surface area contributed by atoms with E-state index < -0.39 is 35.4 Å². The predicted octanol–water partition coefficient (Wildman–Crippen LogP) is 1.73. The number of primary amides is 1. The zero-order valence-corrected chi connectivity index (χ0v) is 12.0. The molecule has 1 aromatic carbocycles. The van der Waals surface area contributed by atoms with E-state index in [-0.39, 0.29) is 12.2 Å². The van der Waals surface area contributed by atoms with Gasteiger partial charge >= 0.3 is 6.18 Å². The molecule has 1 aromatic rings. The zero-order valence-electron chi connectivity index (χ0n) is 12.0. The van der Waals surface area contributed by atoms with Gasteiger partial charge in [0.05, 0.1) is 12.1 Å². The van der Waals surface area contributed by atoms with Gasteiger partial charge in [0, 0.05) is 12.2 Å². The Morgan fingerprint density at radius 3 is 2.61 bits per heavy atom. The molecule has 0 radical (unpaired) electrons. The fourth-order valence-electron chi connectivity index (χ4n) is 2.50. The minimum absolute atomic E-state index is 0.166. The summed E-state index contributed by atoms with van der Waals surface area (Å²) in [4.78, 5) is 24.5. The van der Waals surface area contributed by atoms with Crippen molar-refractivity contribution in [3.63, 3.8) is 0 Å². The Bertz CT molecular complexity index is 619. The van der Waals surface area contributed by atoms with E-state index in [1.807, 2.05) is 0 Å². The highest BCUT2D eigenvalue weighted by Gasteiger charge is 2.33. The number of rotatable bonds is 4. The van der Waals surface area contributed by atoms with E-state index in [1.54, 1.807) is 0 Å². The van der Waals surface area contributed by atoms with E-state index in [1.165, 1.54) is 4.90 Å². The molecular weight excluding hydrogens is 318 g/mol. The average Bonchev–Trinajstić information content (AvgIpc) is 2.93. The summed E-state index contributed by atoms with van der Waals surface area (Å²) in [6.45, 7) is -0.00436. The van der Waals surface area contributed by atoms with Gasteiger partial charge in [0.2, 0.25) is 11.8 Å². The van der Waals surface area contributed by atoms with Gasteiger partial charge < -0.3 is 16.0 Å². The van der Waals surface area contributed by atoms with Crippen LogP contribution in [0.4, 0.5) is 23.2 Å². The standard InChI is InChI=1S/C14H15F4N3O2/c15-9-4-8(14(16,17)18)5-10(6-9)20-7-12(22)21-3-1-2-11(21)13(19)23/h4-6,11,20H,1-3,7H2,(H2,19,23)/t11-/m0/s1. The summed E-state index contributed by atoms with van der Waals surface area (Å²) in [7, 11) is 0. The Hall–Kier alpha value is -2.32. The number of carbonyl (C=O) groups excluding carboxylic acids is 2. The number of benzene rings is 1. The van der Waals surface area contributed by atoms with Crippen molar-refractivity contribution in [3.8, 4) is 0 Å². The van der Waals surface area contributed by atoms with Crippen LogP contribution in [-0.2, 0) is 15.8 Å². The lowest BCUT2D eigenvalue weighted by atomic mass is 10.2. The molecule has 0 unspecified atom stereocenters. The third-order valence-electron chi connectivity index (χ3n) is 3.57. The molecule has 0 bridgehead atoms. The summed E-state index contributed by atoms with van der Waals surface area (Å²) in [5.74, 6) is -2.17. The van der Waals surface area contributed by atoms with Crippen LogP contribution < -0.4 is 11.1 Å². The summed E-state index contributed by atoms with van der Waals surface area (Å²) >= 11 is 0. The molecule has 0 spiro atoms. The van der Waals surface area contributed by atoms with Crippen LogP contribution in [0.3, 0.4) is 0 Å². The van der Waals surface area contributed by atoms with Crippen molar-refractivity contribution in [2.24, 2.45) is 5.73 Å². The van der Waals surface area contributed by atoms with Gasteiger partial charge in [0.25, 0.3) is 0 Å². The van der Waals surface area contributed by atoms with E-state index in [0.717, 1.165) is 6.07 Å². The summed E-state index contributed by atoms with van der Waals surface area (Å²) < 4.78 is 51.1. The predicted molar refractivity (Wildman–Crippen MR) is 73.8 cm³/mol. The molecule has 2 rings (SSSR count). The number of alkyl halides is 3. The van der Waals surface area contributed by atoms with Gasteiger partial charge in [-0.15, -0.1) is 0 Å². The number of halogens is 4. The Labute approximate surface area is 129 Å². The molecular formula is C14H15F4N3O2. The van der Waals surface area contributed by atoms with Gasteiger partial charge in [0.1, 0.15) is 11.9 Å². The fraction of sp³-hybridized carbons (Fsp3) is 0.429. The van der Waals surface area contributed by atoms with Gasteiger partial charge in [-0.1, -0.05) is 0 Å². The van der Waals surface area contributed by atoms with E-state index in [2.05, 4.69) is 5.32 Å². The van der Waals surface area contributed by atoms with Crippen LogP contribution in [0.5, 0.6) is 0 Å². The number of amides is 2. The van der Waals surface area contributed by atoms with Crippen LogP contribution in [0.2, 0.25) is 0 Å². The molecule has 0 aliphatic carbocycles. The highest BCUT2D eigenvalue weighted by molar-refractivity contribution is 5.89. The zero-order chi connectivity index (χ0) is 17.2. The topological polar surface area (TPSA) is 75.4 Å². The smallest absolute Gasteiger partial charge is 0.376 e. The molecule has 1 aliphatic rings. The van der Waals surface area contributed by atoms with Gasteiger partial charge in [0.15, 0.2) is 0 Å². The van der Waals surface area contributed by atoms with Crippen molar-refractivity contribution in [2.45, 2.75) is 25.1 Å². The summed E-state index contributed by atoms with van der Waals surface area (Å²) in [6.07, 6.45) is -3.61. The van der Waals surface area contributed by atoms with E-state index >= 15 is 0 Å². The minimum atomic E-state index is -4.69. The molecule has 23 heavy (non-hydrogen) atoms. The second-order valence-electron chi connectivity index (χ2n) is 5.23. The van der Waals surface area contributed by atoms with Crippen molar-refractivity contribution in [3.05, 3.63) is 29.6 Å². The number of nitrogens with one attached hydrogen (secondary N) is 1. The molecule has 1 fully saturated rings. The largest absolute Gasteiger partial charge is 0.416 e. The van der Waals surface area contributed by atoms with Crippen LogP contribution in [0, 0.1) is 5.82 Å². The Morgan fingerprint density at radius 1 is 1.30 bits per heavy atom. The maximum Gasteiger partial charge on any atom is 0.416 e. The van der Waals surface area contributed by atoms with Crippen LogP contribution in [0.25, 0.3) is 0 Å². The number of carbonyl (C=O) groups is 2. The van der Waals surface area contributed by atoms with Crippen LogP contribution >= 0.6 is 0 Å². The number of likely N-dealkylation sites (tertiary alicyclic amines) is 1. The summed E-state index contributed by atoms with van der Waals surface area (Å²) in [5.41, 5.74) is 3.88. The number of hydrogen-bond acceptors (Lipinski definition) is 3. The molecule has 0 aromatic heterocycles. The monoisotopic (exact) mass is 333 g/mol. The third kappa shape index (κ3) is 4.11. The van der Waals surface area contributed by atoms with Crippen molar-refractivity contribution in [2.75, 3.05) is 18.4 Å². The van der Waals surface area contributed by atoms with Crippen molar-refractivity contribution in [1.82, 2.24) is 4.90 Å². The molecule has 1 heterocycles. The van der Waals surface area contributed by atoms with Crippen LogP contribution in [0.15, 0.2) is 18.2 Å². The van der Waals surface area contributed by atoms with Gasteiger partial charge in [-0.25, -0.2) is 4.39 Å². The highest BCUT2D eigenvalue weighted by atomic mass is 19.4. The first kappa shape index (κ1) is 17.0. The number of anilines is 1. The number of hydrogen-bond donors (Lipinski definition) is 2. The second-order valence-corrected chi connectivity index (χ2v) is 5.23. The van der Waals surface area contributed by atoms with Gasteiger partial charge in [-0.2, -0.15) is 13.2 Å². The lowest BCUT2D eigenvalue weighted by molar-refractivity contribution is -0.137. The molecule has 0 saturated carbocycles. The summed E-state index contributed by atoms with van der Waals surface area (Å²) in [5, 5.41) is 2.45. The highest BCUT2D eigenvalue weighted by Crippen LogP contribution is 2.31. The molecule has 5 nitrogen and oxygen atoms in total. The molecule has 3 N–H and O–H groups in total. The normalized spacial score (nSPS) is 18.1. The van der Waals surface area contributed by atoms with Crippen molar-refractivity contribution >= 4 is 17.5 Å². The third-order valence-corrected chi connectivity index (χ3v) is 3.57. The molecule has 1 atom stereocenters.